The Morgan fingerprint density at radius 2 is 2.29 bits per heavy atom. The molecule has 0 atom stereocenters. The van der Waals surface area contributed by atoms with Gasteiger partial charge in [-0.2, -0.15) is 0 Å². The fourth-order valence-electron chi connectivity index (χ4n) is 1.53. The van der Waals surface area contributed by atoms with Crippen molar-refractivity contribution in [2.24, 2.45) is 11.8 Å². The summed E-state index contributed by atoms with van der Waals surface area (Å²) >= 11 is 0. The molecular weight excluding hydrogens is 223 g/mol. The predicted octanol–water partition coefficient (Wildman–Crippen LogP) is 1.36. The Kier molecular flexibility index (Phi) is 3.71. The molecule has 0 unspecified atom stereocenters. The van der Waals surface area contributed by atoms with E-state index in [2.05, 4.69) is 0 Å². The van der Waals surface area contributed by atoms with Crippen LogP contribution < -0.4 is 11.3 Å². The van der Waals surface area contributed by atoms with Gasteiger partial charge in [0.25, 0.3) is 5.91 Å². The summed E-state index contributed by atoms with van der Waals surface area (Å²) in [5, 5.41) is 0. The van der Waals surface area contributed by atoms with Crippen molar-refractivity contribution in [2.45, 2.75) is 19.4 Å². The summed E-state index contributed by atoms with van der Waals surface area (Å²) in [5.74, 6) is 4.85. The summed E-state index contributed by atoms with van der Waals surface area (Å²) in [5.41, 5.74) is 2.72. The molecule has 17 heavy (non-hydrogen) atoms. The number of hydrazine groups is 1. The van der Waals surface area contributed by atoms with Crippen LogP contribution >= 0.6 is 0 Å². The van der Waals surface area contributed by atoms with Crippen LogP contribution in [0.2, 0.25) is 0 Å². The number of nitrogens with one attached hydrogen (secondary N) is 1. The lowest BCUT2D eigenvalue weighted by Crippen LogP contribution is -2.30. The second-order valence-electron chi connectivity index (χ2n) is 4.24. The van der Waals surface area contributed by atoms with Gasteiger partial charge in [-0.05, 0) is 37.0 Å². The highest BCUT2D eigenvalue weighted by Gasteiger charge is 2.21. The fourth-order valence-corrected chi connectivity index (χ4v) is 1.53. The molecule has 0 aromatic heterocycles. The molecule has 1 fully saturated rings. The van der Waals surface area contributed by atoms with E-state index >= 15 is 0 Å². The molecule has 4 nitrogen and oxygen atoms in total. The zero-order chi connectivity index (χ0) is 12.3. The van der Waals surface area contributed by atoms with Crippen molar-refractivity contribution < 1.29 is 13.9 Å². The Balaban J connectivity index is 2.00. The van der Waals surface area contributed by atoms with E-state index in [1.54, 1.807) is 0 Å². The van der Waals surface area contributed by atoms with Crippen LogP contribution in [0.4, 0.5) is 4.39 Å². The number of hydrogen-bond donors (Lipinski definition) is 2. The summed E-state index contributed by atoms with van der Waals surface area (Å²) in [6.07, 6.45) is 2.39. The van der Waals surface area contributed by atoms with Crippen molar-refractivity contribution in [1.29, 1.82) is 0 Å². The maximum Gasteiger partial charge on any atom is 0.265 e. The third-order valence-corrected chi connectivity index (χ3v) is 2.75. The molecule has 2 rings (SSSR count). The van der Waals surface area contributed by atoms with Crippen LogP contribution in [0.5, 0.6) is 0 Å². The van der Waals surface area contributed by atoms with Crippen LogP contribution in [0.15, 0.2) is 18.2 Å². The van der Waals surface area contributed by atoms with Crippen LogP contribution in [0.25, 0.3) is 0 Å². The minimum atomic E-state index is -0.437. The highest BCUT2D eigenvalue weighted by Crippen LogP contribution is 2.29. The minimum absolute atomic E-state index is 0.189. The molecule has 1 aromatic carbocycles. The number of nitrogens with two attached hydrogens (primary N) is 1. The van der Waals surface area contributed by atoms with Crippen molar-refractivity contribution in [1.82, 2.24) is 5.43 Å². The van der Waals surface area contributed by atoms with Gasteiger partial charge >= 0.3 is 0 Å². The van der Waals surface area contributed by atoms with Gasteiger partial charge < -0.3 is 4.74 Å². The molecule has 3 N–H and O–H groups in total. The molecule has 1 amide bonds. The topological polar surface area (TPSA) is 64.3 Å². The second kappa shape index (κ2) is 5.25. The second-order valence-corrected chi connectivity index (χ2v) is 4.24. The van der Waals surface area contributed by atoms with Crippen molar-refractivity contribution in [2.75, 3.05) is 6.61 Å². The largest absolute Gasteiger partial charge is 0.376 e. The summed E-state index contributed by atoms with van der Waals surface area (Å²) in [6, 6.07) is 4.10. The smallest absolute Gasteiger partial charge is 0.265 e. The number of amides is 1. The molecule has 1 aliphatic carbocycles. The molecule has 1 aliphatic rings. The average molecular weight is 238 g/mol. The molecule has 0 heterocycles. The SMILES string of the molecule is NNC(=O)c1ccc(F)c(COCC2CC2)c1. The molecule has 0 spiro atoms. The Hall–Kier alpha value is -1.46. The number of carbonyl (C=O) groups is 1. The van der Waals surface area contributed by atoms with E-state index in [0.717, 1.165) is 0 Å². The number of carbonyl (C=O) groups excluding carboxylic acids is 1. The van der Waals surface area contributed by atoms with Crippen molar-refractivity contribution in [3.8, 4) is 0 Å². The van der Waals surface area contributed by atoms with Gasteiger partial charge in [0, 0.05) is 17.7 Å². The summed E-state index contributed by atoms with van der Waals surface area (Å²) < 4.78 is 18.8. The Labute approximate surface area is 98.9 Å². The van der Waals surface area contributed by atoms with E-state index in [1.165, 1.54) is 31.0 Å². The molecule has 0 saturated heterocycles. The first kappa shape index (κ1) is 12.0. The molecule has 0 radical (unpaired) electrons. The maximum atomic E-state index is 13.4. The van der Waals surface area contributed by atoms with Gasteiger partial charge in [-0.25, -0.2) is 10.2 Å². The Bertz CT molecular complexity index is 419. The van der Waals surface area contributed by atoms with Gasteiger partial charge in [-0.15, -0.1) is 0 Å². The third kappa shape index (κ3) is 3.25. The van der Waals surface area contributed by atoms with Crippen LogP contribution in [0.3, 0.4) is 0 Å². The van der Waals surface area contributed by atoms with Crippen molar-refractivity contribution in [3.05, 3.63) is 35.1 Å². The number of hydrogen-bond acceptors (Lipinski definition) is 3. The Morgan fingerprint density at radius 1 is 1.53 bits per heavy atom. The number of nitrogen functional groups attached to an aromatic ring is 1. The van der Waals surface area contributed by atoms with Crippen LogP contribution in [-0.4, -0.2) is 12.5 Å². The molecular formula is C12H15FN2O2. The normalized spacial score (nSPS) is 14.7. The zero-order valence-electron chi connectivity index (χ0n) is 9.41. The number of halogens is 1. The lowest BCUT2D eigenvalue weighted by molar-refractivity contribution is 0.0951. The highest BCUT2D eigenvalue weighted by molar-refractivity contribution is 5.93. The zero-order valence-corrected chi connectivity index (χ0v) is 9.41. The highest BCUT2D eigenvalue weighted by atomic mass is 19.1. The number of ether oxygens (including phenoxy) is 1. The van der Waals surface area contributed by atoms with Gasteiger partial charge in [0.15, 0.2) is 0 Å². The van der Waals surface area contributed by atoms with E-state index in [-0.39, 0.29) is 12.4 Å². The summed E-state index contributed by atoms with van der Waals surface area (Å²) in [7, 11) is 0. The first-order chi connectivity index (χ1) is 8.20. The molecule has 5 heteroatoms. The monoisotopic (exact) mass is 238 g/mol. The van der Waals surface area contributed by atoms with Crippen molar-refractivity contribution >= 4 is 5.91 Å². The van der Waals surface area contributed by atoms with E-state index in [0.29, 0.717) is 23.7 Å². The minimum Gasteiger partial charge on any atom is -0.376 e. The van der Waals surface area contributed by atoms with Crippen LogP contribution in [0.1, 0.15) is 28.8 Å². The number of rotatable bonds is 5. The first-order valence-electron chi connectivity index (χ1n) is 5.58. The van der Waals surface area contributed by atoms with Crippen LogP contribution in [-0.2, 0) is 11.3 Å². The summed E-state index contributed by atoms with van der Waals surface area (Å²) in [4.78, 5) is 11.3. The quantitative estimate of drug-likeness (QED) is 0.462. The lowest BCUT2D eigenvalue weighted by atomic mass is 10.1. The van der Waals surface area contributed by atoms with Gasteiger partial charge in [0.05, 0.1) is 6.61 Å². The average Bonchev–Trinajstić information content (AvgIpc) is 3.14. The van der Waals surface area contributed by atoms with Gasteiger partial charge in [-0.3, -0.25) is 10.2 Å². The molecule has 1 aromatic rings. The Morgan fingerprint density at radius 3 is 2.94 bits per heavy atom. The molecule has 0 aliphatic heterocycles. The molecule has 0 bridgehead atoms. The lowest BCUT2D eigenvalue weighted by Gasteiger charge is -2.07. The van der Waals surface area contributed by atoms with E-state index < -0.39 is 5.91 Å². The van der Waals surface area contributed by atoms with E-state index in [1.807, 2.05) is 5.43 Å². The van der Waals surface area contributed by atoms with Crippen LogP contribution in [0, 0.1) is 11.7 Å². The van der Waals surface area contributed by atoms with Gasteiger partial charge in [0.2, 0.25) is 0 Å². The number of benzene rings is 1. The fraction of sp³-hybridized carbons (Fsp3) is 0.417. The van der Waals surface area contributed by atoms with E-state index in [4.69, 9.17) is 10.6 Å². The van der Waals surface area contributed by atoms with E-state index in [9.17, 15) is 9.18 Å². The predicted molar refractivity (Wildman–Crippen MR) is 60.4 cm³/mol. The maximum absolute atomic E-state index is 13.4. The first-order valence-corrected chi connectivity index (χ1v) is 5.58. The van der Waals surface area contributed by atoms with Gasteiger partial charge in [0.1, 0.15) is 5.82 Å². The molecule has 1 saturated carbocycles. The molecule has 92 valence electrons. The standard InChI is InChI=1S/C12H15FN2O2/c13-11-4-3-9(12(16)15-14)5-10(11)7-17-6-8-1-2-8/h3-5,8H,1-2,6-7,14H2,(H,15,16). The van der Waals surface area contributed by atoms with Crippen molar-refractivity contribution in [3.63, 3.8) is 0 Å². The van der Waals surface area contributed by atoms with Gasteiger partial charge in [-0.1, -0.05) is 0 Å². The third-order valence-electron chi connectivity index (χ3n) is 2.75. The summed E-state index contributed by atoms with van der Waals surface area (Å²) in [6.45, 7) is 0.848.